The molecule has 0 aliphatic carbocycles. The van der Waals surface area contributed by atoms with Crippen LogP contribution in [-0.4, -0.2) is 39.0 Å². The molecule has 3 aromatic heterocycles. The molecule has 0 N–H and O–H groups in total. The van der Waals surface area contributed by atoms with Crippen molar-refractivity contribution in [3.8, 4) is 5.75 Å². The molecule has 5 rings (SSSR count). The standard InChI is InChI=1S/C31H30N4O5/c1-4-7-17-35-27-22(30(37)34-18-11-10-14-25(34)32-27)19-23(31(38)40-6-3)28(35)33-29(36)26-21-13-9-8-12-20(21)15-16-24(26)39-5-2/h8-16,18-19H,4-7,17H2,1-3H3. The molecular formula is C31H30N4O5. The van der Waals surface area contributed by atoms with Crippen LogP contribution in [0, 0.1) is 0 Å². The van der Waals surface area contributed by atoms with E-state index < -0.39 is 11.9 Å². The van der Waals surface area contributed by atoms with Crippen LogP contribution >= 0.6 is 0 Å². The number of rotatable bonds is 8. The van der Waals surface area contributed by atoms with E-state index in [9.17, 15) is 14.4 Å². The molecule has 0 atom stereocenters. The van der Waals surface area contributed by atoms with Crippen molar-refractivity contribution in [3.05, 3.63) is 93.8 Å². The van der Waals surface area contributed by atoms with Gasteiger partial charge in [0.1, 0.15) is 22.6 Å². The van der Waals surface area contributed by atoms with Crippen LogP contribution in [0.1, 0.15) is 54.3 Å². The third-order valence-electron chi connectivity index (χ3n) is 6.63. The second-order valence-corrected chi connectivity index (χ2v) is 9.20. The lowest BCUT2D eigenvalue weighted by Gasteiger charge is -2.15. The highest BCUT2D eigenvalue weighted by Gasteiger charge is 2.22. The summed E-state index contributed by atoms with van der Waals surface area (Å²) < 4.78 is 14.3. The number of pyridine rings is 2. The first kappa shape index (κ1) is 26.8. The highest BCUT2D eigenvalue weighted by molar-refractivity contribution is 6.10. The van der Waals surface area contributed by atoms with E-state index in [0.29, 0.717) is 47.6 Å². The number of unbranched alkanes of at least 4 members (excludes halogenated alkanes) is 1. The number of aromatic nitrogens is 3. The van der Waals surface area contributed by atoms with Gasteiger partial charge in [-0.3, -0.25) is 14.0 Å². The lowest BCUT2D eigenvalue weighted by atomic mass is 10.0. The Morgan fingerprint density at radius 2 is 1.75 bits per heavy atom. The van der Waals surface area contributed by atoms with E-state index in [4.69, 9.17) is 14.5 Å². The van der Waals surface area contributed by atoms with Crippen LogP contribution in [-0.2, 0) is 11.3 Å². The molecule has 3 heterocycles. The Hall–Kier alpha value is -4.79. The fourth-order valence-electron chi connectivity index (χ4n) is 4.79. The Balaban J connectivity index is 1.89. The minimum absolute atomic E-state index is 0.0202. The van der Waals surface area contributed by atoms with Gasteiger partial charge in [-0.15, -0.1) is 0 Å². The normalized spacial score (nSPS) is 11.8. The number of hydrogen-bond donors (Lipinski definition) is 0. The van der Waals surface area contributed by atoms with Crippen LogP contribution < -0.4 is 15.8 Å². The van der Waals surface area contributed by atoms with Gasteiger partial charge in [0.25, 0.3) is 11.5 Å². The lowest BCUT2D eigenvalue weighted by molar-refractivity contribution is 0.0523. The van der Waals surface area contributed by atoms with Crippen molar-refractivity contribution in [2.45, 2.75) is 40.2 Å². The van der Waals surface area contributed by atoms with E-state index in [1.807, 2.05) is 44.2 Å². The number of carbonyl (C=O) groups is 2. The first-order chi connectivity index (χ1) is 19.5. The number of benzene rings is 2. The summed E-state index contributed by atoms with van der Waals surface area (Å²) in [6.07, 6.45) is 3.16. The summed E-state index contributed by atoms with van der Waals surface area (Å²) in [5.74, 6) is -0.856. The number of fused-ring (bicyclic) bond motifs is 3. The van der Waals surface area contributed by atoms with E-state index in [1.165, 1.54) is 10.5 Å². The van der Waals surface area contributed by atoms with E-state index in [2.05, 4.69) is 4.99 Å². The quantitative estimate of drug-likeness (QED) is 0.205. The van der Waals surface area contributed by atoms with Gasteiger partial charge in [0.2, 0.25) is 0 Å². The third-order valence-corrected chi connectivity index (χ3v) is 6.63. The van der Waals surface area contributed by atoms with Gasteiger partial charge in [-0.1, -0.05) is 49.7 Å². The number of aryl methyl sites for hydroxylation is 1. The van der Waals surface area contributed by atoms with Crippen molar-refractivity contribution < 1.29 is 19.1 Å². The van der Waals surface area contributed by atoms with E-state index in [1.54, 1.807) is 42.0 Å². The number of hydrogen-bond acceptors (Lipinski definition) is 6. The molecule has 5 aromatic rings. The van der Waals surface area contributed by atoms with Gasteiger partial charge in [0.05, 0.1) is 24.2 Å². The van der Waals surface area contributed by atoms with E-state index in [-0.39, 0.29) is 28.6 Å². The van der Waals surface area contributed by atoms with Crippen LogP contribution in [0.2, 0.25) is 0 Å². The maximum Gasteiger partial charge on any atom is 0.341 e. The van der Waals surface area contributed by atoms with Crippen LogP contribution in [0.3, 0.4) is 0 Å². The van der Waals surface area contributed by atoms with Crippen LogP contribution in [0.25, 0.3) is 27.5 Å². The molecule has 0 saturated carbocycles. The zero-order valence-corrected chi connectivity index (χ0v) is 22.7. The smallest absolute Gasteiger partial charge is 0.341 e. The molecule has 0 spiro atoms. The highest BCUT2D eigenvalue weighted by atomic mass is 16.5. The average Bonchev–Trinajstić information content (AvgIpc) is 2.96. The SMILES string of the molecule is CCCCn1c(=NC(=O)c2c(OCC)ccc3ccccc23)c(C(=O)OCC)cc2c(=O)n3ccccc3nc21. The molecule has 9 heteroatoms. The number of carbonyl (C=O) groups excluding carboxylic acids is 2. The van der Waals surface area contributed by atoms with Crippen molar-refractivity contribution in [2.75, 3.05) is 13.2 Å². The minimum Gasteiger partial charge on any atom is -0.493 e. The Morgan fingerprint density at radius 3 is 2.52 bits per heavy atom. The molecule has 204 valence electrons. The number of nitrogens with zero attached hydrogens (tertiary/aromatic N) is 4. The molecule has 0 bridgehead atoms. The highest BCUT2D eigenvalue weighted by Crippen LogP contribution is 2.29. The molecule has 2 aromatic carbocycles. The Labute approximate surface area is 230 Å². The summed E-state index contributed by atoms with van der Waals surface area (Å²) in [4.78, 5) is 50.0. The van der Waals surface area contributed by atoms with Gasteiger partial charge in [0.15, 0.2) is 5.49 Å². The second kappa shape index (κ2) is 11.5. The van der Waals surface area contributed by atoms with E-state index in [0.717, 1.165) is 11.8 Å². The van der Waals surface area contributed by atoms with Crippen LogP contribution in [0.5, 0.6) is 5.75 Å². The van der Waals surface area contributed by atoms with Gasteiger partial charge >= 0.3 is 5.97 Å². The molecule has 0 fully saturated rings. The fraction of sp³-hybridized carbons (Fsp3) is 0.258. The Bertz CT molecular complexity index is 1890. The van der Waals surface area contributed by atoms with Gasteiger partial charge < -0.3 is 14.0 Å². The van der Waals surface area contributed by atoms with Gasteiger partial charge in [0, 0.05) is 12.7 Å². The van der Waals surface area contributed by atoms with E-state index >= 15 is 0 Å². The van der Waals surface area contributed by atoms with Crippen molar-refractivity contribution in [2.24, 2.45) is 4.99 Å². The average molecular weight is 539 g/mol. The summed E-state index contributed by atoms with van der Waals surface area (Å²) in [5.41, 5.74) is 0.857. The molecule has 9 nitrogen and oxygen atoms in total. The molecule has 0 unspecified atom stereocenters. The molecule has 0 saturated heterocycles. The Morgan fingerprint density at radius 1 is 0.950 bits per heavy atom. The predicted octanol–water partition coefficient (Wildman–Crippen LogP) is 4.92. The third kappa shape index (κ3) is 4.86. The van der Waals surface area contributed by atoms with Gasteiger partial charge in [-0.2, -0.15) is 4.99 Å². The number of ether oxygens (including phenoxy) is 2. The van der Waals surface area contributed by atoms with Crippen molar-refractivity contribution in [3.63, 3.8) is 0 Å². The fourth-order valence-corrected chi connectivity index (χ4v) is 4.79. The monoisotopic (exact) mass is 538 g/mol. The van der Waals surface area contributed by atoms with Crippen LogP contribution in [0.4, 0.5) is 0 Å². The van der Waals surface area contributed by atoms with Crippen LogP contribution in [0.15, 0.2) is 76.6 Å². The molecule has 0 radical (unpaired) electrons. The maximum atomic E-state index is 14.0. The largest absolute Gasteiger partial charge is 0.493 e. The predicted molar refractivity (Wildman–Crippen MR) is 153 cm³/mol. The molecule has 40 heavy (non-hydrogen) atoms. The van der Waals surface area contributed by atoms with Crippen molar-refractivity contribution >= 4 is 39.3 Å². The van der Waals surface area contributed by atoms with Crippen molar-refractivity contribution in [1.29, 1.82) is 0 Å². The summed E-state index contributed by atoms with van der Waals surface area (Å²) in [7, 11) is 0. The van der Waals surface area contributed by atoms with Gasteiger partial charge in [-0.25, -0.2) is 9.78 Å². The second-order valence-electron chi connectivity index (χ2n) is 9.20. The summed E-state index contributed by atoms with van der Waals surface area (Å²) in [6, 6.07) is 17.8. The zero-order chi connectivity index (χ0) is 28.2. The lowest BCUT2D eigenvalue weighted by Crippen LogP contribution is -2.33. The maximum absolute atomic E-state index is 14.0. The number of amides is 1. The Kier molecular flexibility index (Phi) is 7.72. The summed E-state index contributed by atoms with van der Waals surface area (Å²) in [5, 5.41) is 1.77. The first-order valence-corrected chi connectivity index (χ1v) is 13.4. The molecule has 1 amide bonds. The topological polar surface area (TPSA) is 104 Å². The van der Waals surface area contributed by atoms with Crippen molar-refractivity contribution in [1.82, 2.24) is 14.0 Å². The summed E-state index contributed by atoms with van der Waals surface area (Å²) >= 11 is 0. The molecular weight excluding hydrogens is 508 g/mol. The van der Waals surface area contributed by atoms with Gasteiger partial charge in [-0.05, 0) is 55.3 Å². The molecule has 0 aliphatic rings. The summed E-state index contributed by atoms with van der Waals surface area (Å²) in [6.45, 7) is 6.43. The molecule has 0 aliphatic heterocycles. The first-order valence-electron chi connectivity index (χ1n) is 13.4. The minimum atomic E-state index is -0.679. The zero-order valence-electron chi connectivity index (χ0n) is 22.7. The number of esters is 1.